The van der Waals surface area contributed by atoms with E-state index in [0.717, 1.165) is 91.0 Å². The van der Waals surface area contributed by atoms with Crippen molar-refractivity contribution in [3.05, 3.63) is 84.9 Å². The fourth-order valence-electron chi connectivity index (χ4n) is 4.56. The lowest BCUT2D eigenvalue weighted by Gasteiger charge is -2.05. The van der Waals surface area contributed by atoms with Gasteiger partial charge in [-0.1, -0.05) is 44.0 Å². The molecule has 2 aromatic heterocycles. The van der Waals surface area contributed by atoms with Crippen molar-refractivity contribution in [3.63, 3.8) is 0 Å². The molecule has 0 aliphatic heterocycles. The Morgan fingerprint density at radius 3 is 1.32 bits per heavy atom. The summed E-state index contributed by atoms with van der Waals surface area (Å²) in [6, 6.07) is 28.8. The van der Waals surface area contributed by atoms with E-state index in [-0.39, 0.29) is 0 Å². The predicted molar refractivity (Wildman–Crippen MR) is 170 cm³/mol. The van der Waals surface area contributed by atoms with Crippen molar-refractivity contribution in [1.82, 2.24) is 19.9 Å². The molecule has 0 amide bonds. The molecule has 0 aliphatic rings. The van der Waals surface area contributed by atoms with E-state index in [2.05, 4.69) is 78.2 Å². The molecule has 6 aromatic rings. The summed E-state index contributed by atoms with van der Waals surface area (Å²) in [5.41, 5.74) is 8.12. The van der Waals surface area contributed by atoms with Gasteiger partial charge >= 0.3 is 0 Å². The summed E-state index contributed by atoms with van der Waals surface area (Å²) in [5.74, 6) is 3.42. The third-order valence-corrected chi connectivity index (χ3v) is 7.77. The lowest BCUT2D eigenvalue weighted by atomic mass is 10.0. The van der Waals surface area contributed by atoms with Gasteiger partial charge in [-0.3, -0.25) is 0 Å². The molecule has 0 fully saturated rings. The maximum atomic E-state index is 5.77. The molecule has 202 valence electrons. The number of halogens is 2. The molecule has 0 aliphatic carbocycles. The summed E-state index contributed by atoms with van der Waals surface area (Å²) in [5, 5.41) is 1.87. The van der Waals surface area contributed by atoms with Crippen LogP contribution in [0.2, 0.25) is 0 Å². The molecule has 0 saturated carbocycles. The van der Waals surface area contributed by atoms with Crippen LogP contribution in [-0.4, -0.2) is 43.8 Å². The van der Waals surface area contributed by atoms with Gasteiger partial charge in [-0.25, -0.2) is 9.97 Å². The molecule has 4 aromatic carbocycles. The van der Waals surface area contributed by atoms with E-state index in [4.69, 9.17) is 19.4 Å². The van der Waals surface area contributed by atoms with E-state index in [1.807, 2.05) is 48.5 Å². The van der Waals surface area contributed by atoms with E-state index in [9.17, 15) is 0 Å². The van der Waals surface area contributed by atoms with Crippen LogP contribution >= 0.6 is 31.9 Å². The second kappa shape index (κ2) is 12.3. The molecule has 0 saturated heterocycles. The highest BCUT2D eigenvalue weighted by Crippen LogP contribution is 2.30. The molecule has 40 heavy (non-hydrogen) atoms. The summed E-state index contributed by atoms with van der Waals surface area (Å²) < 4.78 is 11.5. The fraction of sp³-hybridized carbons (Fsp3) is 0.188. The third-order valence-electron chi connectivity index (χ3n) is 6.65. The Balaban J connectivity index is 1.21. The van der Waals surface area contributed by atoms with Crippen molar-refractivity contribution >= 4 is 53.9 Å². The van der Waals surface area contributed by atoms with E-state index in [1.165, 1.54) is 0 Å². The first-order valence-corrected chi connectivity index (χ1v) is 15.5. The van der Waals surface area contributed by atoms with Crippen LogP contribution in [-0.2, 0) is 0 Å². The largest absolute Gasteiger partial charge is 0.494 e. The van der Waals surface area contributed by atoms with Crippen LogP contribution in [0.1, 0.15) is 12.8 Å². The van der Waals surface area contributed by atoms with E-state index in [1.54, 1.807) is 0 Å². The van der Waals surface area contributed by atoms with Crippen LogP contribution in [0.5, 0.6) is 11.5 Å². The summed E-state index contributed by atoms with van der Waals surface area (Å²) in [6.45, 7) is 1.40. The van der Waals surface area contributed by atoms with Crippen molar-refractivity contribution in [3.8, 4) is 45.4 Å². The fourth-order valence-corrected chi connectivity index (χ4v) is 5.02. The average molecular weight is 660 g/mol. The number of hydrogen-bond acceptors (Lipinski definition) is 4. The number of imidazole rings is 2. The number of H-pyrrole nitrogens is 2. The smallest absolute Gasteiger partial charge is 0.138 e. The minimum Gasteiger partial charge on any atom is -0.494 e. The molecule has 0 atom stereocenters. The molecular formula is C32H28Br2N4O2. The van der Waals surface area contributed by atoms with Gasteiger partial charge in [0.1, 0.15) is 23.1 Å². The van der Waals surface area contributed by atoms with E-state index >= 15 is 0 Å². The summed E-state index contributed by atoms with van der Waals surface area (Å²) >= 11 is 6.86. The number of hydrogen-bond donors (Lipinski definition) is 2. The first-order valence-electron chi connectivity index (χ1n) is 13.3. The van der Waals surface area contributed by atoms with Gasteiger partial charge in [-0.2, -0.15) is 0 Å². The first-order chi connectivity index (χ1) is 19.7. The number of nitrogens with one attached hydrogen (secondary N) is 2. The quantitative estimate of drug-likeness (QED) is 0.108. The van der Waals surface area contributed by atoms with Crippen LogP contribution in [0.3, 0.4) is 0 Å². The third kappa shape index (κ3) is 5.93. The van der Waals surface area contributed by atoms with Gasteiger partial charge in [-0.15, -0.1) is 0 Å². The SMILES string of the molecule is BrCCCOc1ccc(-c2nc3ccc(-c4ccc5nc(-c6ccc(OCCCBr)cc6)[nH]c5c4)cc3[nH]2)cc1. The van der Waals surface area contributed by atoms with Gasteiger partial charge < -0.3 is 19.4 Å². The Bertz CT molecular complexity index is 1600. The molecule has 0 bridgehead atoms. The number of aromatic amines is 2. The number of aromatic nitrogens is 4. The van der Waals surface area contributed by atoms with Crippen molar-refractivity contribution in [2.24, 2.45) is 0 Å². The first kappa shape index (κ1) is 26.6. The van der Waals surface area contributed by atoms with Crippen LogP contribution in [0.15, 0.2) is 84.9 Å². The van der Waals surface area contributed by atoms with Gasteiger partial charge in [0, 0.05) is 21.8 Å². The number of nitrogens with zero attached hydrogens (tertiary/aromatic N) is 2. The van der Waals surface area contributed by atoms with Gasteiger partial charge in [0.15, 0.2) is 0 Å². The monoisotopic (exact) mass is 658 g/mol. The number of alkyl halides is 2. The zero-order valence-corrected chi connectivity index (χ0v) is 25.0. The zero-order valence-electron chi connectivity index (χ0n) is 21.8. The van der Waals surface area contributed by atoms with Crippen molar-refractivity contribution < 1.29 is 9.47 Å². The molecule has 0 radical (unpaired) electrons. The minimum atomic E-state index is 0.699. The molecule has 0 spiro atoms. The standard InChI is InChI=1S/C32H28Br2N4O2/c33-15-1-17-39-25-9-3-21(4-10-25)31-35-27-13-7-23(19-29(27)37-31)24-8-14-28-30(20-24)38-32(36-28)22-5-11-26(12-6-22)40-18-2-16-34/h3-14,19-20H,1-2,15-18H2,(H,35,37)(H,36,38). The van der Waals surface area contributed by atoms with E-state index < -0.39 is 0 Å². The lowest BCUT2D eigenvalue weighted by Crippen LogP contribution is -1.97. The molecule has 2 heterocycles. The molecule has 6 rings (SSSR count). The van der Waals surface area contributed by atoms with Gasteiger partial charge in [-0.05, 0) is 96.8 Å². The number of rotatable bonds is 11. The Kier molecular flexibility index (Phi) is 8.16. The normalized spacial score (nSPS) is 11.3. The van der Waals surface area contributed by atoms with E-state index in [0.29, 0.717) is 13.2 Å². The van der Waals surface area contributed by atoms with Crippen LogP contribution in [0.25, 0.3) is 56.0 Å². The maximum absolute atomic E-state index is 5.77. The summed E-state index contributed by atoms with van der Waals surface area (Å²) in [6.07, 6.45) is 1.95. The molecule has 8 heteroatoms. The second-order valence-corrected chi connectivity index (χ2v) is 11.1. The number of benzene rings is 4. The maximum Gasteiger partial charge on any atom is 0.138 e. The number of fused-ring (bicyclic) bond motifs is 2. The topological polar surface area (TPSA) is 75.8 Å². The van der Waals surface area contributed by atoms with Crippen LogP contribution in [0.4, 0.5) is 0 Å². The number of ether oxygens (including phenoxy) is 2. The molecule has 6 nitrogen and oxygen atoms in total. The van der Waals surface area contributed by atoms with Gasteiger partial charge in [0.25, 0.3) is 0 Å². The van der Waals surface area contributed by atoms with Gasteiger partial charge in [0.05, 0.1) is 35.3 Å². The molecular weight excluding hydrogens is 632 g/mol. The summed E-state index contributed by atoms with van der Waals surface area (Å²) in [7, 11) is 0. The summed E-state index contributed by atoms with van der Waals surface area (Å²) in [4.78, 5) is 16.6. The average Bonchev–Trinajstić information content (AvgIpc) is 3.62. The Hall–Kier alpha value is -3.62. The van der Waals surface area contributed by atoms with Crippen molar-refractivity contribution in [1.29, 1.82) is 0 Å². The molecule has 2 N–H and O–H groups in total. The van der Waals surface area contributed by atoms with Crippen molar-refractivity contribution in [2.45, 2.75) is 12.8 Å². The van der Waals surface area contributed by atoms with Gasteiger partial charge in [0.2, 0.25) is 0 Å². The Morgan fingerprint density at radius 2 is 0.925 bits per heavy atom. The zero-order chi connectivity index (χ0) is 27.3. The second-order valence-electron chi connectivity index (χ2n) is 9.47. The Labute approximate surface area is 249 Å². The highest BCUT2D eigenvalue weighted by molar-refractivity contribution is 9.09. The van der Waals surface area contributed by atoms with Crippen LogP contribution < -0.4 is 9.47 Å². The predicted octanol–water partition coefficient (Wildman–Crippen LogP) is 8.77. The highest BCUT2D eigenvalue weighted by atomic mass is 79.9. The Morgan fingerprint density at radius 1 is 0.525 bits per heavy atom. The highest BCUT2D eigenvalue weighted by Gasteiger charge is 2.10. The van der Waals surface area contributed by atoms with Crippen LogP contribution in [0, 0.1) is 0 Å². The molecule has 0 unspecified atom stereocenters. The minimum absolute atomic E-state index is 0.699. The van der Waals surface area contributed by atoms with Crippen molar-refractivity contribution in [2.75, 3.05) is 23.9 Å². The lowest BCUT2D eigenvalue weighted by molar-refractivity contribution is 0.319.